The number of aliphatic carboxylic acids is 4. The summed E-state index contributed by atoms with van der Waals surface area (Å²) < 4.78 is 32.5. The number of carboxylic acid groups (broad SMARTS) is 4. The van der Waals surface area contributed by atoms with Crippen molar-refractivity contribution in [1.29, 1.82) is 0 Å². The van der Waals surface area contributed by atoms with E-state index in [0.717, 1.165) is 13.8 Å². The predicted molar refractivity (Wildman–Crippen MR) is 248 cm³/mol. The largest absolute Gasteiger partial charge is 0.496 e. The topological polar surface area (TPSA) is 382 Å². The number of hydrogen-bond donors (Lipinski definition) is 10. The number of methoxy groups -OCH3 is 1. The molecule has 1 aromatic carbocycles. The molecule has 1 heterocycles. The minimum absolute atomic E-state index is 0.00898. The molecule has 3 atom stereocenters. The van der Waals surface area contributed by atoms with Crippen molar-refractivity contribution in [2.45, 2.75) is 32.4 Å². The highest BCUT2D eigenvalue weighted by molar-refractivity contribution is 7.80. The molecule has 1 aromatic rings. The summed E-state index contributed by atoms with van der Waals surface area (Å²) in [5.74, 6) is -7.99. The number of hydrogen-bond acceptors (Lipinski definition) is 19. The lowest BCUT2D eigenvalue weighted by Crippen LogP contribution is -2.49. The fourth-order valence-corrected chi connectivity index (χ4v) is 7.86. The molecule has 70 heavy (non-hydrogen) atoms. The molecular weight excluding hydrogens is 974 g/mol. The van der Waals surface area contributed by atoms with E-state index in [9.17, 15) is 73.0 Å². The Morgan fingerprint density at radius 2 is 1.19 bits per heavy atom. The quantitative estimate of drug-likeness (QED) is 0.0182. The van der Waals surface area contributed by atoms with Crippen molar-refractivity contribution in [2.24, 2.45) is 0 Å². The minimum Gasteiger partial charge on any atom is -0.496 e. The van der Waals surface area contributed by atoms with Gasteiger partial charge in [0, 0.05) is 84.0 Å². The molecule has 3 unspecified atom stereocenters. The maximum Gasteiger partial charge on any atom is 0.328 e. The number of thiocarbonyl (C=S) groups is 1. The summed E-state index contributed by atoms with van der Waals surface area (Å²) >= 11 is 5.34. The van der Waals surface area contributed by atoms with Gasteiger partial charge in [0.05, 0.1) is 59.1 Å². The van der Waals surface area contributed by atoms with Crippen molar-refractivity contribution < 1.29 is 91.8 Å². The van der Waals surface area contributed by atoms with Gasteiger partial charge in [-0.05, 0) is 36.8 Å². The van der Waals surface area contributed by atoms with Crippen molar-refractivity contribution in [1.82, 2.24) is 40.9 Å². The van der Waals surface area contributed by atoms with E-state index in [0.29, 0.717) is 0 Å². The van der Waals surface area contributed by atoms with Gasteiger partial charge in [-0.15, -0.1) is 0 Å². The van der Waals surface area contributed by atoms with Gasteiger partial charge in [0.15, 0.2) is 11.2 Å². The van der Waals surface area contributed by atoms with Crippen LogP contribution in [0.15, 0.2) is 18.2 Å². The lowest BCUT2D eigenvalue weighted by molar-refractivity contribution is -0.158. The van der Waals surface area contributed by atoms with E-state index in [1.165, 1.54) is 25.3 Å². The number of rotatable bonds is 27. The van der Waals surface area contributed by atoms with Gasteiger partial charge in [-0.3, -0.25) is 67.3 Å². The average Bonchev–Trinajstić information content (AvgIpc) is 3.26. The summed E-state index contributed by atoms with van der Waals surface area (Å²) in [6, 6.07) is 3.05. The zero-order chi connectivity index (χ0) is 52.4. The number of benzene rings is 1. The van der Waals surface area contributed by atoms with Crippen LogP contribution in [-0.4, -0.2) is 234 Å². The van der Waals surface area contributed by atoms with Crippen LogP contribution in [-0.2, 0) is 61.7 Å². The molecule has 392 valence electrons. The van der Waals surface area contributed by atoms with Crippen LogP contribution in [0.3, 0.4) is 0 Å². The van der Waals surface area contributed by atoms with Crippen molar-refractivity contribution in [3.63, 3.8) is 0 Å². The predicted octanol–water partition coefficient (Wildman–Crippen LogP) is -2.98. The molecule has 2 rings (SSSR count). The maximum atomic E-state index is 13.1. The Kier molecular flexibility index (Phi) is 26.8. The van der Waals surface area contributed by atoms with Crippen LogP contribution in [0.4, 0.5) is 5.69 Å². The third-order valence-electron chi connectivity index (χ3n) is 9.84. The normalized spacial score (nSPS) is 16.0. The van der Waals surface area contributed by atoms with Crippen LogP contribution in [0.25, 0.3) is 0 Å². The standard InChI is InChI=1S/C40H62N9O19PS/c1-26(50)66-24-29(68-27(2)51)25-67-69(63,64)16-4-7-41-32(52)18-42-33(53)19-43-34(54)20-44-40(70)45-28-5-6-31(65-3)30(17-28)38(39(61)62)49-14-12-47(22-36(57)58)10-8-46(21-35(55)56)9-11-48(13-15-49)23-37(59)60/h5-6,17,29,38H,4,7-16,18-25H2,1-3H3,(H,41,52)(H,42,53)(H,43,54)(H,55,56)(H,57,58)(H,59,60)(H,61,62)(H,63,64)(H2,44,45,70). The van der Waals surface area contributed by atoms with Gasteiger partial charge in [0.25, 0.3) is 0 Å². The van der Waals surface area contributed by atoms with Crippen molar-refractivity contribution >= 4 is 84.2 Å². The first kappa shape index (κ1) is 60.1. The first-order valence-electron chi connectivity index (χ1n) is 21.6. The fraction of sp³-hybridized carbons (Fsp3) is 0.600. The number of amides is 3. The van der Waals surface area contributed by atoms with Gasteiger partial charge in [-0.25, -0.2) is 0 Å². The molecule has 1 aliphatic rings. The number of carbonyl (C=O) groups is 9. The lowest BCUT2D eigenvalue weighted by Gasteiger charge is -2.35. The third-order valence-corrected chi connectivity index (χ3v) is 11.5. The molecule has 1 aliphatic heterocycles. The Morgan fingerprint density at radius 3 is 1.64 bits per heavy atom. The molecule has 28 nitrogen and oxygen atoms in total. The molecule has 0 spiro atoms. The average molecular weight is 1040 g/mol. The Morgan fingerprint density at radius 1 is 0.700 bits per heavy atom. The first-order chi connectivity index (χ1) is 33.0. The SMILES string of the molecule is COc1ccc(NC(=S)NCC(=O)NCC(=O)NCC(=O)NCCCP(=O)(O)OCC(COC(C)=O)OC(C)=O)cc1C(C(=O)O)N1CCN(CC(=O)O)CCN(CC(=O)O)CCN(CC(=O)O)CC1. The van der Waals surface area contributed by atoms with Crippen LogP contribution in [0.2, 0.25) is 0 Å². The second-order valence-corrected chi connectivity index (χ2v) is 17.9. The van der Waals surface area contributed by atoms with Gasteiger partial charge in [0.2, 0.25) is 17.7 Å². The monoisotopic (exact) mass is 1040 g/mol. The summed E-state index contributed by atoms with van der Waals surface area (Å²) in [6.07, 6.45) is -1.51. The molecule has 0 saturated carbocycles. The van der Waals surface area contributed by atoms with E-state index in [-0.39, 0.29) is 107 Å². The molecule has 0 aliphatic carbocycles. The summed E-state index contributed by atoms with van der Waals surface area (Å²) in [5, 5.41) is 51.8. The molecule has 0 aromatic heterocycles. The van der Waals surface area contributed by atoms with E-state index >= 15 is 0 Å². The van der Waals surface area contributed by atoms with E-state index in [1.807, 2.05) is 0 Å². The molecule has 10 N–H and O–H groups in total. The number of ether oxygens (including phenoxy) is 3. The number of esters is 2. The second-order valence-electron chi connectivity index (χ2n) is 15.5. The highest BCUT2D eigenvalue weighted by Gasteiger charge is 2.32. The van der Waals surface area contributed by atoms with Gasteiger partial charge in [0.1, 0.15) is 18.4 Å². The Bertz CT molecular complexity index is 2020. The van der Waals surface area contributed by atoms with Crippen LogP contribution in [0.1, 0.15) is 31.9 Å². The Labute approximate surface area is 407 Å². The summed E-state index contributed by atoms with van der Waals surface area (Å²) in [4.78, 5) is 124. The molecule has 0 radical (unpaired) electrons. The first-order valence-corrected chi connectivity index (χ1v) is 23.7. The molecular formula is C40H62N9O19PS. The zero-order valence-electron chi connectivity index (χ0n) is 38.9. The van der Waals surface area contributed by atoms with Gasteiger partial charge in [-0.2, -0.15) is 0 Å². The van der Waals surface area contributed by atoms with Gasteiger partial charge in [-0.1, -0.05) is 0 Å². The molecule has 1 fully saturated rings. The van der Waals surface area contributed by atoms with E-state index in [1.54, 1.807) is 19.6 Å². The number of carboxylic acids is 4. The third kappa shape index (κ3) is 25.5. The van der Waals surface area contributed by atoms with Gasteiger partial charge < -0.3 is 70.6 Å². The van der Waals surface area contributed by atoms with Crippen molar-refractivity contribution in [3.05, 3.63) is 23.8 Å². The number of carbonyl (C=O) groups excluding carboxylic acids is 5. The number of nitrogens with zero attached hydrogens (tertiary/aromatic N) is 4. The van der Waals surface area contributed by atoms with Crippen LogP contribution in [0, 0.1) is 0 Å². The van der Waals surface area contributed by atoms with Crippen LogP contribution in [0.5, 0.6) is 5.75 Å². The zero-order valence-corrected chi connectivity index (χ0v) is 40.6. The van der Waals surface area contributed by atoms with E-state index in [4.69, 9.17) is 31.0 Å². The van der Waals surface area contributed by atoms with Crippen molar-refractivity contribution in [2.75, 3.05) is 130 Å². The Hall–Kier alpha value is -6.07. The maximum absolute atomic E-state index is 13.1. The summed E-state index contributed by atoms with van der Waals surface area (Å²) in [7, 11) is -2.86. The highest BCUT2D eigenvalue weighted by Crippen LogP contribution is 2.42. The summed E-state index contributed by atoms with van der Waals surface area (Å²) in [5.41, 5.74) is 0.421. The molecule has 3 amide bonds. The van der Waals surface area contributed by atoms with Crippen LogP contribution >= 0.6 is 19.8 Å². The number of nitrogens with one attached hydrogen (secondary N) is 5. The lowest BCUT2D eigenvalue weighted by atomic mass is 10.0. The molecule has 30 heteroatoms. The van der Waals surface area contributed by atoms with Gasteiger partial charge >= 0.3 is 43.4 Å². The number of anilines is 1. The summed E-state index contributed by atoms with van der Waals surface area (Å²) in [6.45, 7) is -0.757. The Balaban J connectivity index is 1.97. The minimum atomic E-state index is -4.19. The van der Waals surface area contributed by atoms with Crippen LogP contribution < -0.4 is 31.3 Å². The van der Waals surface area contributed by atoms with E-state index in [2.05, 4.69) is 26.6 Å². The smallest absolute Gasteiger partial charge is 0.328 e. The molecule has 1 saturated heterocycles. The van der Waals surface area contributed by atoms with E-state index < -0.39 is 113 Å². The highest BCUT2D eigenvalue weighted by atomic mass is 32.1. The second kappa shape index (κ2) is 31.2. The van der Waals surface area contributed by atoms with Crippen molar-refractivity contribution in [3.8, 4) is 5.75 Å². The molecule has 0 bridgehead atoms. The fourth-order valence-electron chi connectivity index (χ4n) is 6.58.